The second-order valence-electron chi connectivity index (χ2n) is 5.30. The van der Waals surface area contributed by atoms with Crippen molar-refractivity contribution in [3.63, 3.8) is 0 Å². The number of anilines is 1. The molecule has 0 radical (unpaired) electrons. The summed E-state index contributed by atoms with van der Waals surface area (Å²) in [6.45, 7) is 0. The monoisotopic (exact) mass is 463 g/mol. The van der Waals surface area contributed by atoms with Gasteiger partial charge in [0.1, 0.15) is 4.21 Å². The van der Waals surface area contributed by atoms with Crippen molar-refractivity contribution in [2.45, 2.75) is 4.21 Å². The van der Waals surface area contributed by atoms with E-state index in [9.17, 15) is 13.2 Å². The number of benzene rings is 2. The summed E-state index contributed by atoms with van der Waals surface area (Å²) in [6.07, 6.45) is 1.50. The summed E-state index contributed by atoms with van der Waals surface area (Å²) in [4.78, 5) is 12.4. The van der Waals surface area contributed by atoms with E-state index >= 15 is 0 Å². The molecule has 0 saturated heterocycles. The first-order valence-corrected chi connectivity index (χ1v) is 10.9. The number of hydrogen-bond acceptors (Lipinski definition) is 5. The maximum absolute atomic E-state index is 12.4. The summed E-state index contributed by atoms with van der Waals surface area (Å²) in [5.74, 6) is -0.525. The summed E-state index contributed by atoms with van der Waals surface area (Å²) in [5.41, 5.74) is 3.56. The van der Waals surface area contributed by atoms with Crippen LogP contribution in [0.25, 0.3) is 0 Å². The summed E-state index contributed by atoms with van der Waals surface area (Å²) < 4.78 is 28.3. The van der Waals surface area contributed by atoms with Crippen molar-refractivity contribution in [3.05, 3.63) is 81.6 Å². The zero-order valence-corrected chi connectivity index (χ0v) is 17.0. The highest BCUT2D eigenvalue weighted by atomic mass is 79.9. The second kappa shape index (κ2) is 8.47. The smallest absolute Gasteiger partial charge is 0.273 e. The average molecular weight is 464 g/mol. The molecule has 138 valence electrons. The van der Waals surface area contributed by atoms with Crippen LogP contribution in [0.2, 0.25) is 0 Å². The number of rotatable bonds is 6. The Morgan fingerprint density at radius 3 is 2.52 bits per heavy atom. The maximum Gasteiger partial charge on any atom is 0.273 e. The van der Waals surface area contributed by atoms with E-state index in [0.717, 1.165) is 21.4 Å². The molecule has 9 heteroatoms. The van der Waals surface area contributed by atoms with Gasteiger partial charge in [0.15, 0.2) is 0 Å². The molecule has 0 spiro atoms. The molecule has 0 aliphatic carbocycles. The highest BCUT2D eigenvalue weighted by Gasteiger charge is 2.19. The van der Waals surface area contributed by atoms with Gasteiger partial charge in [-0.25, -0.2) is 13.8 Å². The van der Waals surface area contributed by atoms with Crippen LogP contribution in [0.3, 0.4) is 0 Å². The molecule has 0 aliphatic rings. The Morgan fingerprint density at radius 2 is 1.78 bits per heavy atom. The Labute approximate surface area is 169 Å². The molecule has 6 nitrogen and oxygen atoms in total. The molecule has 0 unspecified atom stereocenters. The minimum Gasteiger partial charge on any atom is -0.278 e. The van der Waals surface area contributed by atoms with Gasteiger partial charge < -0.3 is 0 Å². The Morgan fingerprint density at radius 1 is 1.04 bits per heavy atom. The fraction of sp³-hybridized carbons (Fsp3) is 0. The van der Waals surface area contributed by atoms with E-state index < -0.39 is 15.9 Å². The van der Waals surface area contributed by atoms with Crippen LogP contribution in [-0.4, -0.2) is 20.5 Å². The van der Waals surface area contributed by atoms with Crippen molar-refractivity contribution in [2.24, 2.45) is 5.10 Å². The molecule has 0 aliphatic heterocycles. The summed E-state index contributed by atoms with van der Waals surface area (Å²) >= 11 is 4.49. The third-order valence-electron chi connectivity index (χ3n) is 3.45. The molecule has 0 saturated carbocycles. The van der Waals surface area contributed by atoms with Gasteiger partial charge in [-0.05, 0) is 29.6 Å². The number of sulfonamides is 1. The number of amides is 1. The quantitative estimate of drug-likeness (QED) is 0.426. The van der Waals surface area contributed by atoms with E-state index in [4.69, 9.17) is 0 Å². The highest BCUT2D eigenvalue weighted by Crippen LogP contribution is 2.22. The van der Waals surface area contributed by atoms with Gasteiger partial charge in [0.05, 0.1) is 17.5 Å². The third-order valence-corrected chi connectivity index (χ3v) is 6.94. The number of nitrogens with one attached hydrogen (secondary N) is 2. The number of thiophene rings is 1. The van der Waals surface area contributed by atoms with Crippen LogP contribution in [0, 0.1) is 0 Å². The van der Waals surface area contributed by atoms with Gasteiger partial charge in [0.2, 0.25) is 0 Å². The number of carbonyl (C=O) groups excluding carboxylic acids is 1. The Balaban J connectivity index is 1.77. The van der Waals surface area contributed by atoms with Gasteiger partial charge >= 0.3 is 0 Å². The number of nitrogens with zero attached hydrogens (tertiary/aromatic N) is 1. The van der Waals surface area contributed by atoms with E-state index in [1.54, 1.807) is 23.6 Å². The summed E-state index contributed by atoms with van der Waals surface area (Å²) in [5, 5.41) is 5.61. The predicted molar refractivity (Wildman–Crippen MR) is 111 cm³/mol. The highest BCUT2D eigenvalue weighted by molar-refractivity contribution is 9.10. The van der Waals surface area contributed by atoms with Gasteiger partial charge in [-0.15, -0.1) is 11.3 Å². The molecule has 3 rings (SSSR count). The van der Waals surface area contributed by atoms with Crippen LogP contribution >= 0.6 is 27.3 Å². The average Bonchev–Trinajstić information content (AvgIpc) is 3.19. The van der Waals surface area contributed by atoms with Crippen molar-refractivity contribution in [1.29, 1.82) is 0 Å². The van der Waals surface area contributed by atoms with E-state index in [1.165, 1.54) is 24.4 Å². The van der Waals surface area contributed by atoms with Crippen molar-refractivity contribution >= 4 is 55.1 Å². The lowest BCUT2D eigenvalue weighted by atomic mass is 10.2. The van der Waals surface area contributed by atoms with Gasteiger partial charge in [-0.1, -0.05) is 52.3 Å². The first-order chi connectivity index (χ1) is 13.0. The number of carbonyl (C=O) groups is 1. The standard InChI is InChI=1S/C18H14BrN3O3S2/c19-15-8-3-1-6-13(15)12-20-21-18(23)14-7-2-4-9-16(14)22-27(24,25)17-10-5-11-26-17/h1-12,22H,(H,21,23). The minimum absolute atomic E-state index is 0.168. The third kappa shape index (κ3) is 4.82. The molecule has 0 fully saturated rings. The number of hydrogen-bond donors (Lipinski definition) is 2. The normalized spacial score (nSPS) is 11.4. The molecule has 3 aromatic rings. The zero-order chi connectivity index (χ0) is 19.3. The number of hydrazone groups is 1. The molecule has 0 atom stereocenters. The topological polar surface area (TPSA) is 87.6 Å². The van der Waals surface area contributed by atoms with E-state index in [0.29, 0.717) is 0 Å². The number of para-hydroxylation sites is 1. The fourth-order valence-corrected chi connectivity index (χ4v) is 4.64. The van der Waals surface area contributed by atoms with E-state index in [-0.39, 0.29) is 15.5 Å². The van der Waals surface area contributed by atoms with Crippen LogP contribution < -0.4 is 10.1 Å². The van der Waals surface area contributed by atoms with Crippen LogP contribution in [0.4, 0.5) is 5.69 Å². The Bertz CT molecular complexity index is 1080. The largest absolute Gasteiger partial charge is 0.278 e. The fourth-order valence-electron chi connectivity index (χ4n) is 2.18. The zero-order valence-electron chi connectivity index (χ0n) is 13.8. The molecule has 2 aromatic carbocycles. The summed E-state index contributed by atoms with van der Waals surface area (Å²) in [6, 6.07) is 16.9. The lowest BCUT2D eigenvalue weighted by Gasteiger charge is -2.10. The number of halogens is 1. The van der Waals surface area contributed by atoms with Gasteiger partial charge in [0.25, 0.3) is 15.9 Å². The molecular formula is C18H14BrN3O3S2. The first kappa shape index (κ1) is 19.3. The molecule has 27 heavy (non-hydrogen) atoms. The molecule has 1 aromatic heterocycles. The van der Waals surface area contributed by atoms with Crippen molar-refractivity contribution in [1.82, 2.24) is 5.43 Å². The maximum atomic E-state index is 12.4. The second-order valence-corrected chi connectivity index (χ2v) is 9.02. The predicted octanol–water partition coefficient (Wildman–Crippen LogP) is 4.08. The first-order valence-electron chi connectivity index (χ1n) is 7.71. The molecule has 0 bridgehead atoms. The van der Waals surface area contributed by atoms with Crippen molar-refractivity contribution < 1.29 is 13.2 Å². The van der Waals surface area contributed by atoms with Crippen LogP contribution in [0.5, 0.6) is 0 Å². The van der Waals surface area contributed by atoms with Gasteiger partial charge in [-0.3, -0.25) is 9.52 Å². The minimum atomic E-state index is -3.75. The Hall–Kier alpha value is -2.49. The van der Waals surface area contributed by atoms with E-state index in [1.807, 2.05) is 24.3 Å². The van der Waals surface area contributed by atoms with Crippen LogP contribution in [-0.2, 0) is 10.0 Å². The molecule has 1 heterocycles. The van der Waals surface area contributed by atoms with Gasteiger partial charge in [0, 0.05) is 10.0 Å². The SMILES string of the molecule is O=C(NN=Cc1ccccc1Br)c1ccccc1NS(=O)(=O)c1cccs1. The van der Waals surface area contributed by atoms with Crippen LogP contribution in [0.15, 0.2) is 79.8 Å². The summed E-state index contributed by atoms with van der Waals surface area (Å²) in [7, 11) is -3.75. The lowest BCUT2D eigenvalue weighted by Crippen LogP contribution is -2.21. The molecule has 2 N–H and O–H groups in total. The Kier molecular flexibility index (Phi) is 6.04. The van der Waals surface area contributed by atoms with Gasteiger partial charge in [-0.2, -0.15) is 5.10 Å². The molecular weight excluding hydrogens is 450 g/mol. The van der Waals surface area contributed by atoms with E-state index in [2.05, 4.69) is 31.2 Å². The van der Waals surface area contributed by atoms with Crippen molar-refractivity contribution in [3.8, 4) is 0 Å². The van der Waals surface area contributed by atoms with Crippen molar-refractivity contribution in [2.75, 3.05) is 4.72 Å². The lowest BCUT2D eigenvalue weighted by molar-refractivity contribution is 0.0956. The molecule has 1 amide bonds. The van der Waals surface area contributed by atoms with Crippen LogP contribution in [0.1, 0.15) is 15.9 Å².